The smallest absolute Gasteiger partial charge is 0.236 e. The molecule has 3 N–H and O–H groups in total. The number of benzene rings is 1. The number of hydrogen-bond donors (Lipinski definition) is 2. The van der Waals surface area contributed by atoms with Gasteiger partial charge < -0.3 is 11.1 Å². The second-order valence-electron chi connectivity index (χ2n) is 3.12. The SMILES string of the molecule is CS(=O)(=O)c1ccc(NCC(N)=O)cc1. The number of nitrogens with one attached hydrogen (secondary N) is 1. The van der Waals surface area contributed by atoms with Gasteiger partial charge in [0.25, 0.3) is 0 Å². The maximum atomic E-state index is 11.1. The molecule has 82 valence electrons. The normalized spacial score (nSPS) is 11.0. The van der Waals surface area contributed by atoms with Gasteiger partial charge in [0.05, 0.1) is 11.4 Å². The van der Waals surface area contributed by atoms with E-state index < -0.39 is 15.7 Å². The third kappa shape index (κ3) is 3.59. The van der Waals surface area contributed by atoms with Gasteiger partial charge in [-0.1, -0.05) is 0 Å². The average Bonchev–Trinajstić information content (AvgIpc) is 2.14. The largest absolute Gasteiger partial charge is 0.376 e. The maximum Gasteiger partial charge on any atom is 0.236 e. The molecule has 0 saturated heterocycles. The van der Waals surface area contributed by atoms with Gasteiger partial charge >= 0.3 is 0 Å². The second kappa shape index (κ2) is 4.31. The van der Waals surface area contributed by atoms with E-state index in [1.165, 1.54) is 12.1 Å². The van der Waals surface area contributed by atoms with E-state index in [-0.39, 0.29) is 11.4 Å². The molecule has 0 radical (unpaired) electrons. The van der Waals surface area contributed by atoms with E-state index in [1.807, 2.05) is 0 Å². The highest BCUT2D eigenvalue weighted by Crippen LogP contribution is 2.13. The third-order valence-corrected chi connectivity index (χ3v) is 2.88. The van der Waals surface area contributed by atoms with Gasteiger partial charge in [0, 0.05) is 11.9 Å². The Kier molecular flexibility index (Phi) is 3.31. The Balaban J connectivity index is 2.77. The first-order valence-electron chi connectivity index (χ1n) is 4.22. The zero-order valence-corrected chi connectivity index (χ0v) is 9.04. The molecule has 1 aromatic rings. The van der Waals surface area contributed by atoms with Crippen LogP contribution in [0.1, 0.15) is 0 Å². The lowest BCUT2D eigenvalue weighted by Gasteiger charge is -2.04. The van der Waals surface area contributed by atoms with Crippen molar-refractivity contribution >= 4 is 21.4 Å². The number of carbonyl (C=O) groups excluding carboxylic acids is 1. The summed E-state index contributed by atoms with van der Waals surface area (Å²) in [6.07, 6.45) is 1.14. The molecule has 0 saturated carbocycles. The zero-order valence-electron chi connectivity index (χ0n) is 8.23. The van der Waals surface area contributed by atoms with Crippen LogP contribution in [0.3, 0.4) is 0 Å². The summed E-state index contributed by atoms with van der Waals surface area (Å²) in [5.41, 5.74) is 5.60. The summed E-state index contributed by atoms with van der Waals surface area (Å²) in [5, 5.41) is 2.75. The van der Waals surface area contributed by atoms with E-state index >= 15 is 0 Å². The Bertz CT molecular complexity index is 451. The Hall–Kier alpha value is -1.56. The van der Waals surface area contributed by atoms with E-state index in [9.17, 15) is 13.2 Å². The molecule has 0 aromatic heterocycles. The number of primary amides is 1. The Morgan fingerprint density at radius 3 is 2.27 bits per heavy atom. The third-order valence-electron chi connectivity index (χ3n) is 1.75. The molecule has 0 aliphatic carbocycles. The molecule has 0 aliphatic rings. The predicted molar refractivity (Wildman–Crippen MR) is 57.2 cm³/mol. The number of anilines is 1. The van der Waals surface area contributed by atoms with Gasteiger partial charge in [-0.15, -0.1) is 0 Å². The van der Waals surface area contributed by atoms with E-state index in [0.29, 0.717) is 5.69 Å². The molecule has 5 nitrogen and oxygen atoms in total. The lowest BCUT2D eigenvalue weighted by molar-refractivity contribution is -0.116. The Labute approximate surface area is 88.2 Å². The molecule has 6 heteroatoms. The summed E-state index contributed by atoms with van der Waals surface area (Å²) in [4.78, 5) is 10.7. The van der Waals surface area contributed by atoms with Crippen molar-refractivity contribution < 1.29 is 13.2 Å². The highest BCUT2D eigenvalue weighted by Gasteiger charge is 2.05. The number of rotatable bonds is 4. The van der Waals surface area contributed by atoms with Crippen LogP contribution in [0.2, 0.25) is 0 Å². The van der Waals surface area contributed by atoms with Gasteiger partial charge in [-0.25, -0.2) is 8.42 Å². The first-order chi connectivity index (χ1) is 6.89. The fraction of sp³-hybridized carbons (Fsp3) is 0.222. The monoisotopic (exact) mass is 228 g/mol. The topological polar surface area (TPSA) is 89.3 Å². The Morgan fingerprint density at radius 2 is 1.87 bits per heavy atom. The fourth-order valence-corrected chi connectivity index (χ4v) is 1.64. The van der Waals surface area contributed by atoms with Crippen LogP contribution in [0.4, 0.5) is 5.69 Å². The van der Waals surface area contributed by atoms with Gasteiger partial charge in [0.15, 0.2) is 9.84 Å². The minimum Gasteiger partial charge on any atom is -0.376 e. The van der Waals surface area contributed by atoms with Crippen LogP contribution in [0, 0.1) is 0 Å². The average molecular weight is 228 g/mol. The number of carbonyl (C=O) groups is 1. The molecule has 1 aromatic carbocycles. The standard InChI is InChI=1S/C9H12N2O3S/c1-15(13,14)8-4-2-7(3-5-8)11-6-9(10)12/h2-5,11H,6H2,1H3,(H2,10,12). The van der Waals surface area contributed by atoms with Gasteiger partial charge in [-0.05, 0) is 24.3 Å². The summed E-state index contributed by atoms with van der Waals surface area (Å²) in [6.45, 7) is 0.0260. The number of sulfone groups is 1. The minimum atomic E-state index is -3.17. The number of hydrogen-bond acceptors (Lipinski definition) is 4. The van der Waals surface area contributed by atoms with Crippen molar-refractivity contribution in [3.05, 3.63) is 24.3 Å². The molecule has 0 unspecified atom stereocenters. The van der Waals surface area contributed by atoms with Crippen molar-refractivity contribution in [1.29, 1.82) is 0 Å². The van der Waals surface area contributed by atoms with Crippen LogP contribution in [0.25, 0.3) is 0 Å². The van der Waals surface area contributed by atoms with Gasteiger partial charge in [0.1, 0.15) is 0 Å². The van der Waals surface area contributed by atoms with Crippen LogP contribution >= 0.6 is 0 Å². The van der Waals surface area contributed by atoms with Crippen LogP contribution < -0.4 is 11.1 Å². The van der Waals surface area contributed by atoms with Crippen LogP contribution in [0.5, 0.6) is 0 Å². The lowest BCUT2D eigenvalue weighted by atomic mass is 10.3. The summed E-state index contributed by atoms with van der Waals surface area (Å²) in [7, 11) is -3.17. The molecule has 0 heterocycles. The summed E-state index contributed by atoms with van der Waals surface area (Å²) < 4.78 is 22.2. The van der Waals surface area contributed by atoms with E-state index in [0.717, 1.165) is 6.26 Å². The summed E-state index contributed by atoms with van der Waals surface area (Å²) >= 11 is 0. The van der Waals surface area contributed by atoms with Crippen LogP contribution in [-0.2, 0) is 14.6 Å². The Morgan fingerprint density at radius 1 is 1.33 bits per heavy atom. The summed E-state index contributed by atoms with van der Waals surface area (Å²) in [5.74, 6) is -0.470. The lowest BCUT2D eigenvalue weighted by Crippen LogP contribution is -2.21. The second-order valence-corrected chi connectivity index (χ2v) is 5.13. The number of amides is 1. The molecule has 0 bridgehead atoms. The molecule has 0 aliphatic heterocycles. The van der Waals surface area contributed by atoms with Crippen molar-refractivity contribution in [3.63, 3.8) is 0 Å². The molecule has 0 atom stereocenters. The fourth-order valence-electron chi connectivity index (χ4n) is 1.01. The highest BCUT2D eigenvalue weighted by molar-refractivity contribution is 7.90. The van der Waals surface area contributed by atoms with Crippen molar-refractivity contribution in [1.82, 2.24) is 0 Å². The van der Waals surface area contributed by atoms with Crippen molar-refractivity contribution in [2.45, 2.75) is 4.90 Å². The molecular weight excluding hydrogens is 216 g/mol. The van der Waals surface area contributed by atoms with Gasteiger partial charge in [-0.2, -0.15) is 0 Å². The summed E-state index contributed by atoms with van der Waals surface area (Å²) in [6, 6.07) is 6.11. The van der Waals surface area contributed by atoms with Gasteiger partial charge in [0.2, 0.25) is 5.91 Å². The van der Waals surface area contributed by atoms with Crippen LogP contribution in [0.15, 0.2) is 29.2 Å². The molecule has 15 heavy (non-hydrogen) atoms. The number of nitrogens with two attached hydrogens (primary N) is 1. The minimum absolute atomic E-state index is 0.0260. The van der Waals surface area contributed by atoms with Crippen molar-refractivity contribution in [3.8, 4) is 0 Å². The van der Waals surface area contributed by atoms with Gasteiger partial charge in [-0.3, -0.25) is 4.79 Å². The maximum absolute atomic E-state index is 11.1. The van der Waals surface area contributed by atoms with E-state index in [4.69, 9.17) is 5.73 Å². The molecule has 0 fully saturated rings. The molecule has 1 amide bonds. The molecule has 0 spiro atoms. The molecule has 1 rings (SSSR count). The predicted octanol–water partition coefficient (Wildman–Crippen LogP) is -0.0127. The first-order valence-corrected chi connectivity index (χ1v) is 6.11. The van der Waals surface area contributed by atoms with Crippen molar-refractivity contribution in [2.24, 2.45) is 5.73 Å². The van der Waals surface area contributed by atoms with E-state index in [2.05, 4.69) is 5.32 Å². The first kappa shape index (κ1) is 11.5. The zero-order chi connectivity index (χ0) is 11.5. The molecular formula is C9H12N2O3S. The quantitative estimate of drug-likeness (QED) is 0.758. The van der Waals surface area contributed by atoms with E-state index in [1.54, 1.807) is 12.1 Å². The van der Waals surface area contributed by atoms with Crippen LogP contribution in [-0.4, -0.2) is 27.1 Å². The van der Waals surface area contributed by atoms with Crippen molar-refractivity contribution in [2.75, 3.05) is 18.1 Å². The highest BCUT2D eigenvalue weighted by atomic mass is 32.2.